The molecule has 0 aliphatic carbocycles. The maximum Gasteiger partial charge on any atom is 0.241 e. The summed E-state index contributed by atoms with van der Waals surface area (Å²) in [6, 6.07) is 3.52. The summed E-state index contributed by atoms with van der Waals surface area (Å²) in [5, 5.41) is 0. The summed E-state index contributed by atoms with van der Waals surface area (Å²) in [5.74, 6) is 0.151. The second-order valence-electron chi connectivity index (χ2n) is 5.74. The first-order valence-corrected chi connectivity index (χ1v) is 8.64. The van der Waals surface area contributed by atoms with E-state index in [4.69, 9.17) is 0 Å². The van der Waals surface area contributed by atoms with Crippen molar-refractivity contribution in [3.05, 3.63) is 46.7 Å². The Morgan fingerprint density at radius 1 is 1.14 bits per heavy atom. The van der Waals surface area contributed by atoms with Crippen molar-refractivity contribution >= 4 is 10.0 Å². The highest BCUT2D eigenvalue weighted by Gasteiger charge is 2.24. The fourth-order valence-corrected chi connectivity index (χ4v) is 4.17. The molecular weight excluding hydrogens is 282 g/mol. The Morgan fingerprint density at radius 3 is 2.10 bits per heavy atom. The van der Waals surface area contributed by atoms with Crippen molar-refractivity contribution < 1.29 is 8.42 Å². The van der Waals surface area contributed by atoms with Crippen molar-refractivity contribution in [1.82, 2.24) is 4.72 Å². The topological polar surface area (TPSA) is 46.2 Å². The summed E-state index contributed by atoms with van der Waals surface area (Å²) < 4.78 is 28.2. The van der Waals surface area contributed by atoms with Gasteiger partial charge in [0.25, 0.3) is 0 Å². The monoisotopic (exact) mass is 307 g/mol. The van der Waals surface area contributed by atoms with Gasteiger partial charge in [-0.2, -0.15) is 0 Å². The van der Waals surface area contributed by atoms with Gasteiger partial charge in [0, 0.05) is 6.04 Å². The molecule has 0 unspecified atom stereocenters. The molecule has 1 aromatic carbocycles. The molecule has 0 bridgehead atoms. The summed E-state index contributed by atoms with van der Waals surface area (Å²) in [7, 11) is -3.55. The molecule has 0 aliphatic heterocycles. The molecule has 3 nitrogen and oxygen atoms in total. The number of rotatable bonds is 5. The molecule has 0 radical (unpaired) electrons. The molecule has 0 aliphatic rings. The number of sulfonamides is 1. The zero-order chi connectivity index (χ0) is 16.2. The van der Waals surface area contributed by atoms with E-state index < -0.39 is 10.0 Å². The van der Waals surface area contributed by atoms with Crippen LogP contribution in [-0.4, -0.2) is 14.5 Å². The van der Waals surface area contributed by atoms with Crippen molar-refractivity contribution in [2.45, 2.75) is 52.5 Å². The van der Waals surface area contributed by atoms with Crippen LogP contribution in [0.2, 0.25) is 0 Å². The molecule has 0 saturated carbocycles. The molecule has 0 spiro atoms. The highest BCUT2D eigenvalue weighted by Crippen LogP contribution is 2.22. The van der Waals surface area contributed by atoms with Gasteiger partial charge < -0.3 is 0 Å². The Balaban J connectivity index is 3.26. The van der Waals surface area contributed by atoms with Gasteiger partial charge in [-0.15, -0.1) is 5.73 Å². The van der Waals surface area contributed by atoms with Gasteiger partial charge in [0.2, 0.25) is 10.0 Å². The van der Waals surface area contributed by atoms with Gasteiger partial charge in [0.05, 0.1) is 4.90 Å². The average Bonchev–Trinajstić information content (AvgIpc) is 2.32. The first-order chi connectivity index (χ1) is 9.69. The minimum atomic E-state index is -3.55. The van der Waals surface area contributed by atoms with Crippen LogP contribution in [0.3, 0.4) is 0 Å². The second kappa shape index (κ2) is 7.08. The predicted octanol–water partition coefficient (Wildman–Crippen LogP) is 3.65. The van der Waals surface area contributed by atoms with Crippen LogP contribution in [0.15, 0.2) is 34.9 Å². The first kappa shape index (κ1) is 17.7. The molecule has 1 aromatic rings. The Kier molecular flexibility index (Phi) is 5.97. The van der Waals surface area contributed by atoms with Gasteiger partial charge in [-0.05, 0) is 56.9 Å². The average molecular weight is 307 g/mol. The number of aryl methyl sites for hydroxylation is 3. The molecular formula is C17H25NO2S. The van der Waals surface area contributed by atoms with Gasteiger partial charge >= 0.3 is 0 Å². The summed E-state index contributed by atoms with van der Waals surface area (Å²) in [4.78, 5) is 0.382. The second-order valence-corrected chi connectivity index (χ2v) is 7.39. The van der Waals surface area contributed by atoms with E-state index in [0.29, 0.717) is 4.90 Å². The van der Waals surface area contributed by atoms with E-state index in [1.807, 2.05) is 53.7 Å². The number of hydrogen-bond acceptors (Lipinski definition) is 2. The summed E-state index contributed by atoms with van der Waals surface area (Å²) in [6.07, 6.45) is 3.53. The smallest absolute Gasteiger partial charge is 0.207 e. The van der Waals surface area contributed by atoms with Crippen LogP contribution >= 0.6 is 0 Å². The molecule has 4 heteroatoms. The minimum absolute atomic E-state index is 0.151. The molecule has 21 heavy (non-hydrogen) atoms. The van der Waals surface area contributed by atoms with Gasteiger partial charge in [-0.1, -0.05) is 31.5 Å². The molecule has 0 heterocycles. The highest BCUT2D eigenvalue weighted by molar-refractivity contribution is 7.89. The number of nitrogens with one attached hydrogen (secondary N) is 1. The van der Waals surface area contributed by atoms with E-state index in [9.17, 15) is 8.42 Å². The third kappa shape index (κ3) is 4.57. The number of benzene rings is 1. The molecule has 1 atom stereocenters. The van der Waals surface area contributed by atoms with E-state index in [-0.39, 0.29) is 12.0 Å². The van der Waals surface area contributed by atoms with Crippen molar-refractivity contribution in [2.75, 3.05) is 0 Å². The largest absolute Gasteiger partial charge is 0.241 e. The zero-order valence-electron chi connectivity index (χ0n) is 13.7. The fourth-order valence-electron chi connectivity index (χ4n) is 2.39. The van der Waals surface area contributed by atoms with E-state index >= 15 is 0 Å². The van der Waals surface area contributed by atoms with Crippen LogP contribution in [0.5, 0.6) is 0 Å². The molecule has 1 N–H and O–H groups in total. The molecule has 0 fully saturated rings. The highest BCUT2D eigenvalue weighted by atomic mass is 32.2. The van der Waals surface area contributed by atoms with Crippen LogP contribution in [0.4, 0.5) is 0 Å². The van der Waals surface area contributed by atoms with Crippen LogP contribution < -0.4 is 4.72 Å². The molecule has 0 amide bonds. The summed E-state index contributed by atoms with van der Waals surface area (Å²) in [5.41, 5.74) is 5.58. The van der Waals surface area contributed by atoms with Crippen LogP contribution in [0.1, 0.15) is 37.5 Å². The molecule has 0 aromatic heterocycles. The van der Waals surface area contributed by atoms with Crippen LogP contribution in [-0.2, 0) is 10.0 Å². The number of hydrogen-bond donors (Lipinski definition) is 1. The van der Waals surface area contributed by atoms with Gasteiger partial charge in [-0.3, -0.25) is 0 Å². The predicted molar refractivity (Wildman–Crippen MR) is 87.9 cm³/mol. The van der Waals surface area contributed by atoms with Crippen LogP contribution in [0.25, 0.3) is 0 Å². The van der Waals surface area contributed by atoms with Crippen molar-refractivity contribution in [1.29, 1.82) is 0 Å². The molecule has 0 saturated heterocycles. The van der Waals surface area contributed by atoms with Gasteiger partial charge in [0.15, 0.2) is 0 Å². The van der Waals surface area contributed by atoms with Gasteiger partial charge in [-0.25, -0.2) is 13.1 Å². The molecule has 116 valence electrons. The lowest BCUT2D eigenvalue weighted by molar-refractivity contribution is 0.508. The van der Waals surface area contributed by atoms with E-state index in [1.165, 1.54) is 0 Å². The third-order valence-corrected chi connectivity index (χ3v) is 5.09. The van der Waals surface area contributed by atoms with Crippen molar-refractivity contribution in [3.8, 4) is 0 Å². The van der Waals surface area contributed by atoms with Crippen molar-refractivity contribution in [3.63, 3.8) is 0 Å². The minimum Gasteiger partial charge on any atom is -0.207 e. The Hall–Kier alpha value is -1.35. The SMILES string of the molecule is CC=C=C[C@H](NS(=O)(=O)c1c(C)cc(C)cc1C)C(C)C. The van der Waals surface area contributed by atoms with E-state index in [0.717, 1.165) is 16.7 Å². The van der Waals surface area contributed by atoms with Gasteiger partial charge in [0.1, 0.15) is 0 Å². The lowest BCUT2D eigenvalue weighted by Gasteiger charge is -2.20. The van der Waals surface area contributed by atoms with Crippen molar-refractivity contribution in [2.24, 2.45) is 5.92 Å². The molecule has 1 rings (SSSR count). The lowest BCUT2D eigenvalue weighted by atomic mass is 10.1. The Labute approximate surface area is 128 Å². The summed E-state index contributed by atoms with van der Waals surface area (Å²) in [6.45, 7) is 11.5. The van der Waals surface area contributed by atoms with E-state index in [2.05, 4.69) is 10.5 Å². The Bertz CT molecular complexity index is 643. The Morgan fingerprint density at radius 2 is 1.67 bits per heavy atom. The maximum atomic E-state index is 12.7. The third-order valence-electron chi connectivity index (χ3n) is 3.33. The fraction of sp³-hybridized carbons (Fsp3) is 0.471. The first-order valence-electron chi connectivity index (χ1n) is 7.16. The lowest BCUT2D eigenvalue weighted by Crippen LogP contribution is -2.37. The van der Waals surface area contributed by atoms with E-state index in [1.54, 1.807) is 12.2 Å². The van der Waals surface area contributed by atoms with Crippen LogP contribution in [0, 0.1) is 26.7 Å². The zero-order valence-corrected chi connectivity index (χ0v) is 14.5. The standard InChI is InChI=1S/C17H25NO2S/c1-7-8-9-16(12(2)3)18-21(19,20)17-14(5)10-13(4)11-15(17)6/h7,9-12,16,18H,1-6H3/t8?,16-/m0/s1. The summed E-state index contributed by atoms with van der Waals surface area (Å²) >= 11 is 0. The quantitative estimate of drug-likeness (QED) is 0.844. The normalized spacial score (nSPS) is 12.9. The maximum absolute atomic E-state index is 12.7.